The van der Waals surface area contributed by atoms with Crippen molar-refractivity contribution < 1.29 is 64.0 Å². The van der Waals surface area contributed by atoms with E-state index in [9.17, 15) is 32.3 Å². The highest BCUT2D eigenvalue weighted by Gasteiger charge is 2.33. The van der Waals surface area contributed by atoms with E-state index in [1.54, 1.807) is 0 Å². The molecule has 0 saturated carbocycles. The number of anilines is 1. The van der Waals surface area contributed by atoms with Gasteiger partial charge in [0.25, 0.3) is 0 Å². The van der Waals surface area contributed by atoms with Gasteiger partial charge in [0.2, 0.25) is 5.91 Å². The number of fused-ring (bicyclic) bond motifs is 1. The fourth-order valence-corrected chi connectivity index (χ4v) is 6.09. The van der Waals surface area contributed by atoms with E-state index in [0.29, 0.717) is 0 Å². The van der Waals surface area contributed by atoms with Crippen LogP contribution in [0.4, 0.5) is 27.6 Å². The molecule has 0 aromatic heterocycles. The SMILES string of the molecule is [2H]C1=C(SCc2cccc(F)c2F)N(C([2H])([2H])C(=O)N(Cc2ccc(-c3ccc(C(F)(F)F)cc3)cc2)C2([2H])C([2H])([2H])C([2H])([2H])N(CC([2H])([2H])OC([2H])([2H])[2H])C([2H])([2H])C2([2H])[2H])c2c([2H])c([2H])c(C)c([2H])c2C1O. The van der Waals surface area contributed by atoms with Crippen LogP contribution in [0, 0.1) is 18.6 Å². The summed E-state index contributed by atoms with van der Waals surface area (Å²) in [5, 5.41) is 10.6. The Bertz CT molecular complexity index is 2810. The van der Waals surface area contributed by atoms with Gasteiger partial charge in [-0.15, -0.1) is 11.8 Å². The Labute approximate surface area is 339 Å². The molecule has 6 rings (SSSR count). The first-order valence-electron chi connectivity index (χ1n) is 25.5. The van der Waals surface area contributed by atoms with Crippen molar-refractivity contribution in [2.45, 2.75) is 50.3 Å². The minimum Gasteiger partial charge on any atom is -0.384 e. The first kappa shape index (κ1) is 20.5. The number of rotatable bonds is 12. The molecule has 4 aromatic rings. The number of amides is 1. The number of carbonyl (C=O) groups excluding carboxylic acids is 1. The second-order valence-electron chi connectivity index (χ2n) is 11.4. The molecule has 1 saturated heterocycles. The summed E-state index contributed by atoms with van der Waals surface area (Å²) in [7, 11) is -3.59. The predicted octanol–water partition coefficient (Wildman–Crippen LogP) is 8.73. The van der Waals surface area contributed by atoms with Crippen molar-refractivity contribution >= 4 is 23.4 Å². The number of benzene rings is 4. The molecule has 1 unspecified atom stereocenters. The number of aliphatic hydroxyl groups excluding tert-OH is 1. The summed E-state index contributed by atoms with van der Waals surface area (Å²) in [5.41, 5.74) is -3.40. The van der Waals surface area contributed by atoms with Crippen molar-refractivity contribution in [3.05, 3.63) is 135 Å². The highest BCUT2D eigenvalue weighted by atomic mass is 32.2. The second kappa shape index (κ2) is 16.8. The summed E-state index contributed by atoms with van der Waals surface area (Å²) in [5.74, 6) is -5.81. The van der Waals surface area contributed by atoms with E-state index < -0.39 is 157 Å². The Morgan fingerprint density at radius 3 is 2.47 bits per heavy atom. The number of ether oxygens (including phenoxy) is 1. The van der Waals surface area contributed by atoms with Gasteiger partial charge in [-0.25, -0.2) is 8.78 Å². The van der Waals surface area contributed by atoms with Crippen LogP contribution in [0.5, 0.6) is 0 Å². The van der Waals surface area contributed by atoms with Crippen molar-refractivity contribution in [1.82, 2.24) is 9.80 Å². The van der Waals surface area contributed by atoms with Gasteiger partial charge in [0.15, 0.2) is 11.6 Å². The third-order valence-electron chi connectivity index (χ3n) is 7.78. The van der Waals surface area contributed by atoms with Gasteiger partial charge in [0, 0.05) is 72.7 Å². The number of hydrogen-bond donors (Lipinski definition) is 1. The monoisotopic (exact) mass is 771 g/mol. The third kappa shape index (κ3) is 9.29. The van der Waals surface area contributed by atoms with Crippen LogP contribution in [0.1, 0.15) is 74.1 Å². The number of nitrogens with zero attached hydrogens (tertiary/aromatic N) is 3. The van der Waals surface area contributed by atoms with Gasteiger partial charge in [-0.2, -0.15) is 13.2 Å². The lowest BCUT2D eigenvalue weighted by atomic mass is 9.99. The van der Waals surface area contributed by atoms with Crippen molar-refractivity contribution in [2.24, 2.45) is 0 Å². The normalized spacial score (nSPS) is 27.6. The Balaban J connectivity index is 1.61. The Kier molecular flexibility index (Phi) is 6.50. The number of alkyl halides is 3. The molecule has 280 valence electrons. The minimum absolute atomic E-state index is 0.160. The number of carbonyl (C=O) groups is 1. The van der Waals surface area contributed by atoms with Gasteiger partial charge in [-0.1, -0.05) is 66.2 Å². The zero-order valence-electron chi connectivity index (χ0n) is 47.5. The Morgan fingerprint density at radius 2 is 1.79 bits per heavy atom. The van der Waals surface area contributed by atoms with Gasteiger partial charge < -0.3 is 24.5 Å². The molecule has 2 aliphatic heterocycles. The van der Waals surface area contributed by atoms with Crippen molar-refractivity contribution in [3.8, 4) is 11.1 Å². The van der Waals surface area contributed by atoms with Crippen LogP contribution in [-0.2, 0) is 28.0 Å². The van der Waals surface area contributed by atoms with E-state index in [1.165, 1.54) is 12.1 Å². The van der Waals surface area contributed by atoms with Gasteiger partial charge >= 0.3 is 6.18 Å². The summed E-state index contributed by atoms with van der Waals surface area (Å²) in [6, 6.07) is 3.22. The molecule has 0 bridgehead atoms. The molecule has 0 radical (unpaired) electrons. The van der Waals surface area contributed by atoms with Gasteiger partial charge in [-0.05, 0) is 66.7 Å². The lowest BCUT2D eigenvalue weighted by Gasteiger charge is -2.40. The largest absolute Gasteiger partial charge is 0.416 e. The summed E-state index contributed by atoms with van der Waals surface area (Å²) in [6.45, 7) is -18.3. The average molecular weight is 772 g/mol. The van der Waals surface area contributed by atoms with Crippen LogP contribution in [0.25, 0.3) is 11.1 Å². The summed E-state index contributed by atoms with van der Waals surface area (Å²) in [6.07, 6.45) is -15.8. The maximum Gasteiger partial charge on any atom is 0.416 e. The number of halogens is 5. The predicted molar refractivity (Wildman–Crippen MR) is 198 cm³/mol. The van der Waals surface area contributed by atoms with E-state index in [1.807, 2.05) is 0 Å². The molecule has 0 spiro atoms. The molecule has 1 N–H and O–H groups in total. The molecule has 1 atom stereocenters. The number of aliphatic hydroxyl groups is 1. The third-order valence-corrected chi connectivity index (χ3v) is 8.81. The minimum atomic E-state index is -4.70. The highest BCUT2D eigenvalue weighted by Crippen LogP contribution is 2.41. The molecule has 4 aromatic carbocycles. The van der Waals surface area contributed by atoms with E-state index in [0.717, 1.165) is 61.5 Å². The van der Waals surface area contributed by atoms with E-state index in [-0.39, 0.29) is 43.8 Å². The summed E-state index contributed by atoms with van der Waals surface area (Å²) in [4.78, 5) is 15.1. The standard InChI is InChI=1S/C41H42F5N3O3S/c1-27-6-15-36-34(22-27)37(50)23-39(53-26-31-4-3-5-35(42)40(31)43)49(36)25-38(51)48(33-16-18-47(19-17-33)20-21-52-2)24-28-7-9-29(10-8-28)30-11-13-32(14-12-30)41(44,45)46/h3-15,22-23,33,37,50H,16-21,24-26H2,1-2H3/i2D3,6D,15D,16D2,17D2,18D2,19D2,21D2,22D,23D,25D2,33D. The van der Waals surface area contributed by atoms with Gasteiger partial charge in [0.05, 0.1) is 33.6 Å². The van der Waals surface area contributed by atoms with E-state index in [4.69, 9.17) is 17.8 Å². The maximum absolute atomic E-state index is 15.6. The maximum atomic E-state index is 15.6. The van der Waals surface area contributed by atoms with E-state index in [2.05, 4.69) is 4.74 Å². The molecular formula is C41H42F5N3O3S. The number of piperidine rings is 1. The van der Waals surface area contributed by atoms with Crippen LogP contribution in [0.15, 0.2) is 95.9 Å². The molecule has 2 heterocycles. The first-order valence-corrected chi connectivity index (χ1v) is 16.5. The zero-order valence-corrected chi connectivity index (χ0v) is 28.3. The summed E-state index contributed by atoms with van der Waals surface area (Å²) < 4.78 is 250. The number of hydrogen-bond acceptors (Lipinski definition) is 6. The Hall–Kier alpha value is -4.23. The topological polar surface area (TPSA) is 56.3 Å². The van der Waals surface area contributed by atoms with Crippen LogP contribution in [0.2, 0.25) is 0 Å². The number of methoxy groups -OCH3 is 1. The molecule has 12 heteroatoms. The molecule has 6 nitrogen and oxygen atoms in total. The highest BCUT2D eigenvalue weighted by molar-refractivity contribution is 8.02. The lowest BCUT2D eigenvalue weighted by molar-refractivity contribution is -0.137. The zero-order chi connectivity index (χ0) is 55.4. The van der Waals surface area contributed by atoms with Gasteiger partial charge in [-0.3, -0.25) is 4.79 Å². The van der Waals surface area contributed by atoms with Crippen molar-refractivity contribution in [3.63, 3.8) is 0 Å². The van der Waals surface area contributed by atoms with Crippen LogP contribution >= 0.6 is 11.8 Å². The van der Waals surface area contributed by atoms with Crippen LogP contribution in [0.3, 0.4) is 0 Å². The van der Waals surface area contributed by atoms with Crippen LogP contribution < -0.4 is 4.90 Å². The molecule has 2 aliphatic rings. The fourth-order valence-electron chi connectivity index (χ4n) is 5.12. The lowest BCUT2D eigenvalue weighted by Crippen LogP contribution is -2.50. The fraction of sp³-hybridized carbons (Fsp3) is 0.341. The number of thioether (sulfide) groups is 1. The van der Waals surface area contributed by atoms with Crippen LogP contribution in [-0.4, -0.2) is 66.5 Å². The summed E-state index contributed by atoms with van der Waals surface area (Å²) >= 11 is 0.250. The quantitative estimate of drug-likeness (QED) is 0.146. The van der Waals surface area contributed by atoms with Crippen molar-refractivity contribution in [1.29, 1.82) is 0 Å². The van der Waals surface area contributed by atoms with Crippen molar-refractivity contribution in [2.75, 3.05) is 44.5 Å². The molecular weight excluding hydrogens is 710 g/mol. The molecule has 1 fully saturated rings. The second-order valence-corrected chi connectivity index (χ2v) is 12.3. The smallest absolute Gasteiger partial charge is 0.384 e. The molecule has 1 amide bonds. The average Bonchev–Trinajstić information content (AvgIpc) is 3.28. The molecule has 53 heavy (non-hydrogen) atoms. The first-order chi connectivity index (χ1) is 33.1. The van der Waals surface area contributed by atoms with E-state index >= 15 is 9.18 Å². The van der Waals surface area contributed by atoms with Gasteiger partial charge in [0.1, 0.15) is 12.6 Å². The molecule has 0 aliphatic carbocycles. The number of likely N-dealkylation sites (tertiary alicyclic amines) is 1. The Morgan fingerprint density at radius 1 is 1.09 bits per heavy atom.